The molecule has 41 heavy (non-hydrogen) atoms. The summed E-state index contributed by atoms with van der Waals surface area (Å²) in [7, 11) is 0. The van der Waals surface area contributed by atoms with Gasteiger partial charge in [-0.2, -0.15) is 0 Å². The van der Waals surface area contributed by atoms with Crippen LogP contribution in [0, 0.1) is 34.5 Å². The van der Waals surface area contributed by atoms with Gasteiger partial charge in [-0.1, -0.05) is 115 Å². The molecule has 0 saturated heterocycles. The lowest BCUT2D eigenvalue weighted by molar-refractivity contribution is -0.137. The second kappa shape index (κ2) is 14.9. The van der Waals surface area contributed by atoms with Gasteiger partial charge in [-0.3, -0.25) is 4.79 Å². The SMILES string of the molecule is CCCC1CCC(C2(CC(c3ccccc3)C3(C4CCC(CCC)CC4)CCCCC3)CCC(OC=O)CC2)CC1. The summed E-state index contributed by atoms with van der Waals surface area (Å²) >= 11 is 0. The Bertz CT molecular complexity index is 877. The first-order valence-electron chi connectivity index (χ1n) is 18.3. The summed E-state index contributed by atoms with van der Waals surface area (Å²) in [6, 6.07) is 11.9. The molecule has 0 bridgehead atoms. The van der Waals surface area contributed by atoms with Gasteiger partial charge in [0.1, 0.15) is 6.10 Å². The Hall–Kier alpha value is -1.31. The zero-order valence-electron chi connectivity index (χ0n) is 26.8. The third-order valence-electron chi connectivity index (χ3n) is 13.2. The van der Waals surface area contributed by atoms with Crippen molar-refractivity contribution in [1.82, 2.24) is 0 Å². The molecule has 0 aromatic heterocycles. The van der Waals surface area contributed by atoms with Crippen molar-refractivity contribution in [3.8, 4) is 0 Å². The molecule has 0 aliphatic heterocycles. The first-order chi connectivity index (χ1) is 20.1. The smallest absolute Gasteiger partial charge is 0.293 e. The molecule has 1 atom stereocenters. The lowest BCUT2D eigenvalue weighted by atomic mass is 9.49. The van der Waals surface area contributed by atoms with E-state index in [1.807, 2.05) is 0 Å². The van der Waals surface area contributed by atoms with E-state index in [9.17, 15) is 4.79 Å². The summed E-state index contributed by atoms with van der Waals surface area (Å²) in [6.07, 6.45) is 30.6. The predicted molar refractivity (Wildman–Crippen MR) is 172 cm³/mol. The van der Waals surface area contributed by atoms with E-state index in [1.54, 1.807) is 5.56 Å². The van der Waals surface area contributed by atoms with Gasteiger partial charge in [0.25, 0.3) is 6.47 Å². The number of benzene rings is 1. The molecule has 1 aromatic rings. The molecule has 1 aromatic carbocycles. The molecule has 4 aliphatic carbocycles. The van der Waals surface area contributed by atoms with E-state index in [-0.39, 0.29) is 6.10 Å². The van der Waals surface area contributed by atoms with Crippen molar-refractivity contribution in [2.24, 2.45) is 34.5 Å². The average molecular weight is 563 g/mol. The van der Waals surface area contributed by atoms with E-state index in [0.29, 0.717) is 23.2 Å². The molecule has 5 rings (SSSR count). The van der Waals surface area contributed by atoms with E-state index < -0.39 is 0 Å². The number of ether oxygens (including phenoxy) is 1. The van der Waals surface area contributed by atoms with Crippen LogP contribution in [0.5, 0.6) is 0 Å². The van der Waals surface area contributed by atoms with Gasteiger partial charge in [-0.05, 0) is 117 Å². The fourth-order valence-corrected chi connectivity index (χ4v) is 11.1. The molecule has 2 heteroatoms. The van der Waals surface area contributed by atoms with Crippen LogP contribution >= 0.6 is 0 Å². The van der Waals surface area contributed by atoms with Crippen molar-refractivity contribution in [1.29, 1.82) is 0 Å². The molecule has 4 saturated carbocycles. The molecular weight excluding hydrogens is 500 g/mol. The average Bonchev–Trinajstić information content (AvgIpc) is 3.03. The molecule has 0 N–H and O–H groups in total. The van der Waals surface area contributed by atoms with Gasteiger partial charge in [0.05, 0.1) is 0 Å². The van der Waals surface area contributed by atoms with Crippen molar-refractivity contribution in [3.05, 3.63) is 35.9 Å². The van der Waals surface area contributed by atoms with Crippen molar-refractivity contribution >= 4 is 6.47 Å². The normalized spacial score (nSPS) is 34.9. The van der Waals surface area contributed by atoms with Crippen LogP contribution in [0.15, 0.2) is 30.3 Å². The Kier molecular flexibility index (Phi) is 11.3. The minimum absolute atomic E-state index is 0.143. The van der Waals surface area contributed by atoms with Crippen LogP contribution in [-0.4, -0.2) is 12.6 Å². The van der Waals surface area contributed by atoms with Gasteiger partial charge in [-0.25, -0.2) is 0 Å². The molecule has 4 fully saturated rings. The summed E-state index contributed by atoms with van der Waals surface area (Å²) in [6.45, 7) is 5.46. The maximum Gasteiger partial charge on any atom is 0.293 e. The number of rotatable bonds is 12. The Morgan fingerprint density at radius 1 is 0.732 bits per heavy atom. The molecule has 230 valence electrons. The lowest BCUT2D eigenvalue weighted by Gasteiger charge is -2.56. The maximum atomic E-state index is 11.3. The first-order valence-corrected chi connectivity index (χ1v) is 18.3. The quantitative estimate of drug-likeness (QED) is 0.237. The Morgan fingerprint density at radius 2 is 1.29 bits per heavy atom. The maximum absolute atomic E-state index is 11.3. The van der Waals surface area contributed by atoms with Crippen molar-refractivity contribution in [2.45, 2.75) is 167 Å². The topological polar surface area (TPSA) is 26.3 Å². The van der Waals surface area contributed by atoms with Crippen LogP contribution < -0.4 is 0 Å². The highest BCUT2D eigenvalue weighted by atomic mass is 16.5. The molecule has 4 aliphatic rings. The Balaban J connectivity index is 1.47. The molecular formula is C39H62O2. The highest BCUT2D eigenvalue weighted by Crippen LogP contribution is 2.63. The Morgan fingerprint density at radius 3 is 1.83 bits per heavy atom. The number of carbonyl (C=O) groups excluding carboxylic acids is 1. The van der Waals surface area contributed by atoms with Gasteiger partial charge in [0.2, 0.25) is 0 Å². The van der Waals surface area contributed by atoms with E-state index in [1.165, 1.54) is 128 Å². The van der Waals surface area contributed by atoms with Crippen LogP contribution in [0.1, 0.15) is 167 Å². The van der Waals surface area contributed by atoms with Crippen LogP contribution in [0.4, 0.5) is 0 Å². The van der Waals surface area contributed by atoms with E-state index in [2.05, 4.69) is 44.2 Å². The zero-order valence-corrected chi connectivity index (χ0v) is 26.8. The molecule has 0 radical (unpaired) electrons. The third kappa shape index (κ3) is 7.26. The first kappa shape index (κ1) is 31.1. The highest BCUT2D eigenvalue weighted by Gasteiger charge is 2.52. The van der Waals surface area contributed by atoms with Gasteiger partial charge in [-0.15, -0.1) is 0 Å². The second-order valence-corrected chi connectivity index (χ2v) is 15.3. The second-order valence-electron chi connectivity index (χ2n) is 15.3. The van der Waals surface area contributed by atoms with E-state index in [0.717, 1.165) is 36.5 Å². The molecule has 1 unspecified atom stereocenters. The summed E-state index contributed by atoms with van der Waals surface area (Å²) in [5.41, 5.74) is 2.53. The highest BCUT2D eigenvalue weighted by molar-refractivity contribution is 5.37. The van der Waals surface area contributed by atoms with Gasteiger partial charge >= 0.3 is 0 Å². The summed E-state index contributed by atoms with van der Waals surface area (Å²) in [5.74, 6) is 4.35. The van der Waals surface area contributed by atoms with Gasteiger partial charge in [0.15, 0.2) is 0 Å². The standard InChI is InChI=1S/C39H62O2/c1-3-11-31-15-19-34(20-16-31)38(27-23-36(24-28-38)41-30-40)29-37(33-13-7-5-8-14-33)39(25-9-6-10-26-39)35-21-17-32(12-4-2)18-22-35/h5,7-8,13-14,30-32,34-37H,3-4,6,9-12,15-29H2,1-2H3. The Labute approximate surface area is 253 Å². The van der Waals surface area contributed by atoms with Crippen LogP contribution in [-0.2, 0) is 9.53 Å². The number of hydrogen-bond donors (Lipinski definition) is 0. The lowest BCUT2D eigenvalue weighted by Crippen LogP contribution is -2.46. The largest absolute Gasteiger partial charge is 0.465 e. The van der Waals surface area contributed by atoms with E-state index >= 15 is 0 Å². The minimum atomic E-state index is 0.143. The minimum Gasteiger partial charge on any atom is -0.465 e. The summed E-state index contributed by atoms with van der Waals surface area (Å²) in [4.78, 5) is 11.3. The van der Waals surface area contributed by atoms with Gasteiger partial charge < -0.3 is 4.74 Å². The zero-order chi connectivity index (χ0) is 28.5. The van der Waals surface area contributed by atoms with Crippen LogP contribution in [0.3, 0.4) is 0 Å². The predicted octanol–water partition coefficient (Wildman–Crippen LogP) is 11.4. The summed E-state index contributed by atoms with van der Waals surface area (Å²) < 4.78 is 5.58. The van der Waals surface area contributed by atoms with E-state index in [4.69, 9.17) is 4.74 Å². The number of hydrogen-bond acceptors (Lipinski definition) is 2. The monoisotopic (exact) mass is 562 g/mol. The summed E-state index contributed by atoms with van der Waals surface area (Å²) in [5, 5.41) is 0. The molecule has 0 spiro atoms. The fourth-order valence-electron chi connectivity index (χ4n) is 11.1. The molecule has 0 heterocycles. The third-order valence-corrected chi connectivity index (χ3v) is 13.2. The molecule has 2 nitrogen and oxygen atoms in total. The van der Waals surface area contributed by atoms with Crippen LogP contribution in [0.2, 0.25) is 0 Å². The van der Waals surface area contributed by atoms with Crippen molar-refractivity contribution in [3.63, 3.8) is 0 Å². The fraction of sp³-hybridized carbons (Fsp3) is 0.821. The van der Waals surface area contributed by atoms with Gasteiger partial charge in [0, 0.05) is 0 Å². The molecule has 0 amide bonds. The number of carbonyl (C=O) groups is 1. The van der Waals surface area contributed by atoms with Crippen molar-refractivity contribution in [2.75, 3.05) is 0 Å². The van der Waals surface area contributed by atoms with Crippen LogP contribution in [0.25, 0.3) is 0 Å². The van der Waals surface area contributed by atoms with Crippen molar-refractivity contribution < 1.29 is 9.53 Å².